The number of aromatic amines is 1. The number of rotatable bonds is 7. The van der Waals surface area contributed by atoms with Gasteiger partial charge in [0.1, 0.15) is 17.7 Å². The highest BCUT2D eigenvalue weighted by molar-refractivity contribution is 6.23. The molecular weight excluding hydrogens is 809 g/mol. The van der Waals surface area contributed by atoms with Crippen molar-refractivity contribution in [1.82, 2.24) is 35.1 Å². The summed E-state index contributed by atoms with van der Waals surface area (Å²) in [6.45, 7) is 4.66. The van der Waals surface area contributed by atoms with Gasteiger partial charge in [-0.3, -0.25) is 49.1 Å². The minimum Gasteiger partial charge on any atom is -0.371 e. The predicted octanol–water partition coefficient (Wildman–Crippen LogP) is 5.07. The van der Waals surface area contributed by atoms with Crippen LogP contribution in [0, 0.1) is 17.0 Å². The number of hydrogen-bond acceptors (Lipinski definition) is 9. The first kappa shape index (κ1) is 40.4. The molecule has 5 amide bonds. The highest BCUT2D eigenvalue weighted by Crippen LogP contribution is 2.45. The van der Waals surface area contributed by atoms with Crippen molar-refractivity contribution in [2.75, 3.05) is 44.2 Å². The number of carbonyl (C=O) groups excluding carboxylic acids is 5. The molecule has 2 N–H and O–H groups in total. The molecule has 4 aromatic rings. The van der Waals surface area contributed by atoms with E-state index in [2.05, 4.69) is 20.4 Å². The smallest absolute Gasteiger partial charge is 0.262 e. The van der Waals surface area contributed by atoms with Crippen LogP contribution >= 0.6 is 0 Å². The molecule has 0 bridgehead atoms. The van der Waals surface area contributed by atoms with Gasteiger partial charge in [0, 0.05) is 55.3 Å². The van der Waals surface area contributed by atoms with E-state index in [0.29, 0.717) is 43.9 Å². The Bertz CT molecular complexity index is 2480. The minimum atomic E-state index is -2.69. The molecule has 6 aliphatic rings. The fourth-order valence-electron chi connectivity index (χ4n) is 11.0. The van der Waals surface area contributed by atoms with Gasteiger partial charge in [-0.05, 0) is 117 Å². The molecule has 3 saturated heterocycles. The van der Waals surface area contributed by atoms with Gasteiger partial charge in [0.2, 0.25) is 17.7 Å². The number of likely N-dealkylation sites (tertiary alicyclic amines) is 1. The number of amides is 5. The first-order chi connectivity index (χ1) is 29.8. The molecule has 6 aliphatic heterocycles. The Labute approximate surface area is 354 Å². The number of anilines is 1. The van der Waals surface area contributed by atoms with E-state index in [1.807, 2.05) is 11.8 Å². The summed E-state index contributed by atoms with van der Waals surface area (Å²) >= 11 is 0. The number of alkyl halides is 2. The molecule has 1 spiro atoms. The number of piperidine rings is 3. The molecule has 62 heavy (non-hydrogen) atoms. The molecule has 3 aromatic carbocycles. The first-order valence-electron chi connectivity index (χ1n) is 21.4. The van der Waals surface area contributed by atoms with E-state index in [1.165, 1.54) is 17.0 Å². The average Bonchev–Trinajstić information content (AvgIpc) is 3.96. The topological polar surface area (TPSA) is 142 Å². The SMILES string of the molecule is C[C@@H]1Cc2c(ccc3[nH]ncc23)[C@@H](c2c(F)cc(N3CCC4(CCN(CC(=O)N5Cc6cc7c(cc6C5)C(=O)N(C5CCC(=O)NC5=O)C7=O)CC4)CC3)cc2F)N1CC(F)F. The number of halogens is 4. The summed E-state index contributed by atoms with van der Waals surface area (Å²) in [4.78, 5) is 72.6. The number of H-pyrrole nitrogens is 1. The number of nitrogens with zero attached hydrogens (tertiary/aromatic N) is 6. The molecule has 7 heterocycles. The lowest BCUT2D eigenvalue weighted by molar-refractivity contribution is -0.136. The highest BCUT2D eigenvalue weighted by atomic mass is 19.3. The van der Waals surface area contributed by atoms with E-state index in [0.717, 1.165) is 71.3 Å². The lowest BCUT2D eigenvalue weighted by atomic mass is 9.71. The van der Waals surface area contributed by atoms with Gasteiger partial charge in [0.25, 0.3) is 18.2 Å². The third kappa shape index (κ3) is 6.83. The van der Waals surface area contributed by atoms with Crippen LogP contribution in [-0.2, 0) is 33.9 Å². The largest absolute Gasteiger partial charge is 0.371 e. The second-order valence-electron chi connectivity index (χ2n) is 18.0. The van der Waals surface area contributed by atoms with E-state index in [4.69, 9.17) is 0 Å². The molecule has 1 aromatic heterocycles. The average molecular weight is 855 g/mol. The Kier molecular flexibility index (Phi) is 9.96. The van der Waals surface area contributed by atoms with Crippen LogP contribution in [-0.4, -0.2) is 117 Å². The Balaban J connectivity index is 0.757. The summed E-state index contributed by atoms with van der Waals surface area (Å²) < 4.78 is 60.5. The van der Waals surface area contributed by atoms with Gasteiger partial charge < -0.3 is 9.80 Å². The molecule has 0 aliphatic carbocycles. The van der Waals surface area contributed by atoms with Crippen molar-refractivity contribution in [3.05, 3.63) is 93.2 Å². The second-order valence-corrected chi connectivity index (χ2v) is 18.0. The van der Waals surface area contributed by atoms with E-state index in [-0.39, 0.29) is 47.4 Å². The third-order valence-corrected chi connectivity index (χ3v) is 14.4. The van der Waals surface area contributed by atoms with Crippen LogP contribution in [0.2, 0.25) is 0 Å². The van der Waals surface area contributed by atoms with Crippen LogP contribution in [0.15, 0.2) is 42.6 Å². The van der Waals surface area contributed by atoms with Crippen LogP contribution in [0.5, 0.6) is 0 Å². The van der Waals surface area contributed by atoms with Gasteiger partial charge in [-0.25, -0.2) is 17.6 Å². The monoisotopic (exact) mass is 854 g/mol. The molecule has 3 fully saturated rings. The Morgan fingerprint density at radius 2 is 1.55 bits per heavy atom. The van der Waals surface area contributed by atoms with Crippen molar-refractivity contribution in [3.63, 3.8) is 0 Å². The van der Waals surface area contributed by atoms with Crippen LogP contribution in [0.3, 0.4) is 0 Å². The summed E-state index contributed by atoms with van der Waals surface area (Å²) in [5.41, 5.74) is 4.41. The van der Waals surface area contributed by atoms with Gasteiger partial charge >= 0.3 is 0 Å². The zero-order valence-electron chi connectivity index (χ0n) is 34.2. The van der Waals surface area contributed by atoms with E-state index >= 15 is 8.78 Å². The van der Waals surface area contributed by atoms with E-state index in [9.17, 15) is 32.8 Å². The zero-order valence-corrected chi connectivity index (χ0v) is 34.2. The fourth-order valence-corrected chi connectivity index (χ4v) is 11.0. The maximum atomic E-state index is 16.3. The van der Waals surface area contributed by atoms with Crippen LogP contribution in [0.4, 0.5) is 23.2 Å². The summed E-state index contributed by atoms with van der Waals surface area (Å²) in [7, 11) is 0. The minimum absolute atomic E-state index is 0.0362. The Morgan fingerprint density at radius 3 is 2.18 bits per heavy atom. The normalized spacial score (nSPS) is 24.0. The number of hydrogen-bond donors (Lipinski definition) is 2. The molecule has 10 rings (SSSR count). The zero-order chi connectivity index (χ0) is 43.2. The standard InChI is InChI=1S/C45H46F4N8O5/c1-24-14-29-28(2-3-35-32(29)19-50-52-35)41(56(24)22-37(48)49)40-33(46)17-27(18-34(40)47)54-12-8-45(9-13-54)6-10-53(11-7-45)23-39(59)55-20-25-15-30-31(16-26(25)21-55)44(62)57(43(30)61)36-4-5-38(58)51-42(36)60/h2-3,15-19,24,36-37,41H,4-14,20-23H2,1H3,(H,50,52)(H,51,58,60)/t24-,36?,41+/m1/s1. The summed E-state index contributed by atoms with van der Waals surface area (Å²) in [6, 6.07) is 7.05. The van der Waals surface area contributed by atoms with E-state index < -0.39 is 66.4 Å². The molecular formula is C45H46F4N8O5. The molecule has 324 valence electrons. The van der Waals surface area contributed by atoms with Gasteiger partial charge in [0.05, 0.1) is 42.0 Å². The van der Waals surface area contributed by atoms with Crippen molar-refractivity contribution in [2.45, 2.75) is 89.5 Å². The van der Waals surface area contributed by atoms with Crippen LogP contribution in [0.25, 0.3) is 10.9 Å². The second kappa shape index (κ2) is 15.3. The molecule has 3 atom stereocenters. The Morgan fingerprint density at radius 1 is 0.903 bits per heavy atom. The molecule has 17 heteroatoms. The number of carbonyl (C=O) groups is 5. The number of imide groups is 2. The summed E-state index contributed by atoms with van der Waals surface area (Å²) in [5.74, 6) is -3.84. The highest BCUT2D eigenvalue weighted by Gasteiger charge is 2.46. The predicted molar refractivity (Wildman–Crippen MR) is 217 cm³/mol. The number of fused-ring (bicyclic) bond motifs is 5. The van der Waals surface area contributed by atoms with E-state index in [1.54, 1.807) is 35.4 Å². The van der Waals surface area contributed by atoms with Crippen molar-refractivity contribution < 1.29 is 41.5 Å². The summed E-state index contributed by atoms with van der Waals surface area (Å²) in [6.07, 6.45) is 2.93. The van der Waals surface area contributed by atoms with Gasteiger partial charge in [-0.15, -0.1) is 0 Å². The van der Waals surface area contributed by atoms with Crippen LogP contribution in [0.1, 0.15) is 100 Å². The number of benzene rings is 3. The lowest BCUT2D eigenvalue weighted by Gasteiger charge is -2.47. The van der Waals surface area contributed by atoms with Crippen molar-refractivity contribution in [2.24, 2.45) is 5.41 Å². The van der Waals surface area contributed by atoms with Crippen LogP contribution < -0.4 is 10.2 Å². The van der Waals surface area contributed by atoms with Gasteiger partial charge in [-0.1, -0.05) is 6.07 Å². The molecule has 0 saturated carbocycles. The number of aromatic nitrogens is 2. The van der Waals surface area contributed by atoms with Crippen molar-refractivity contribution >= 4 is 46.1 Å². The van der Waals surface area contributed by atoms with Gasteiger partial charge in [-0.2, -0.15) is 5.10 Å². The molecule has 13 nitrogen and oxygen atoms in total. The van der Waals surface area contributed by atoms with Crippen molar-refractivity contribution in [3.8, 4) is 0 Å². The van der Waals surface area contributed by atoms with Crippen molar-refractivity contribution in [1.29, 1.82) is 0 Å². The lowest BCUT2D eigenvalue weighted by Crippen LogP contribution is -2.54. The molecule has 1 unspecified atom stereocenters. The fraction of sp³-hybridized carbons (Fsp3) is 0.467. The summed E-state index contributed by atoms with van der Waals surface area (Å²) in [5, 5.41) is 10.1. The maximum absolute atomic E-state index is 16.3. The third-order valence-electron chi connectivity index (χ3n) is 14.4. The van der Waals surface area contributed by atoms with Gasteiger partial charge in [0.15, 0.2) is 0 Å². The Hall–Kier alpha value is -5.68. The number of nitrogens with one attached hydrogen (secondary N) is 2. The first-order valence-corrected chi connectivity index (χ1v) is 21.4. The quantitative estimate of drug-likeness (QED) is 0.193. The molecule has 0 radical (unpaired) electrons. The maximum Gasteiger partial charge on any atom is 0.262 e.